The number of hydrogen-bond acceptors (Lipinski definition) is 4. The van der Waals surface area contributed by atoms with E-state index in [1.165, 1.54) is 18.2 Å². The molecule has 2 amide bonds. The van der Waals surface area contributed by atoms with Gasteiger partial charge in [-0.25, -0.2) is 0 Å². The lowest BCUT2D eigenvalue weighted by atomic mass is 9.95. The molecule has 6 nitrogen and oxygen atoms in total. The van der Waals surface area contributed by atoms with Gasteiger partial charge in [0.25, 0.3) is 11.8 Å². The molecular formula is C24H18F3N3O3. The molecule has 0 radical (unpaired) electrons. The maximum Gasteiger partial charge on any atom is 0.416 e. The summed E-state index contributed by atoms with van der Waals surface area (Å²) in [5, 5.41) is 9.35. The second kappa shape index (κ2) is 7.81. The minimum absolute atomic E-state index is 0.0941. The number of imide groups is 1. The van der Waals surface area contributed by atoms with Crippen LogP contribution in [0.4, 0.5) is 13.2 Å². The van der Waals surface area contributed by atoms with Crippen LogP contribution in [0.15, 0.2) is 57.5 Å². The molecule has 2 aromatic heterocycles. The van der Waals surface area contributed by atoms with E-state index >= 15 is 0 Å². The van der Waals surface area contributed by atoms with Crippen molar-refractivity contribution in [3.63, 3.8) is 0 Å². The van der Waals surface area contributed by atoms with Gasteiger partial charge in [0.05, 0.1) is 16.8 Å². The standard InChI is InChI=1S/C24H18F3N3O3/c1-4-30-22(31)17(13(2)18(12-28)23(30)32)9-16-10-20-21(33-16)11-19(29(20)3)14-5-7-15(8-6-14)24(25,26)27/h5-11H,4H2,1-3H3/b17-9-. The van der Waals surface area contributed by atoms with Crippen molar-refractivity contribution in [3.05, 3.63) is 64.4 Å². The third kappa shape index (κ3) is 3.63. The van der Waals surface area contributed by atoms with Crippen LogP contribution in [0.2, 0.25) is 0 Å². The number of nitriles is 1. The van der Waals surface area contributed by atoms with Crippen LogP contribution in [-0.2, 0) is 22.8 Å². The van der Waals surface area contributed by atoms with E-state index in [0.29, 0.717) is 28.1 Å². The number of benzene rings is 1. The van der Waals surface area contributed by atoms with Crippen molar-refractivity contribution >= 4 is 29.0 Å². The van der Waals surface area contributed by atoms with Gasteiger partial charge in [0.2, 0.25) is 0 Å². The average Bonchev–Trinajstić information content (AvgIpc) is 3.30. The summed E-state index contributed by atoms with van der Waals surface area (Å²) in [5.41, 5.74) is 2.06. The second-order valence-electron chi connectivity index (χ2n) is 7.59. The number of aromatic nitrogens is 1. The molecule has 0 saturated heterocycles. The molecule has 0 saturated carbocycles. The van der Waals surface area contributed by atoms with Gasteiger partial charge in [-0.1, -0.05) is 12.1 Å². The molecule has 1 aromatic carbocycles. The van der Waals surface area contributed by atoms with Gasteiger partial charge >= 0.3 is 6.18 Å². The van der Waals surface area contributed by atoms with E-state index in [1.54, 1.807) is 37.6 Å². The molecule has 0 aliphatic carbocycles. The minimum atomic E-state index is -4.41. The predicted molar refractivity (Wildman–Crippen MR) is 114 cm³/mol. The van der Waals surface area contributed by atoms with Crippen molar-refractivity contribution in [3.8, 4) is 17.3 Å². The van der Waals surface area contributed by atoms with Gasteiger partial charge < -0.3 is 8.98 Å². The predicted octanol–water partition coefficient (Wildman–Crippen LogP) is 5.07. The van der Waals surface area contributed by atoms with Crippen molar-refractivity contribution < 1.29 is 27.2 Å². The van der Waals surface area contributed by atoms with Crippen LogP contribution >= 0.6 is 0 Å². The van der Waals surface area contributed by atoms with Crippen LogP contribution in [0.5, 0.6) is 0 Å². The first kappa shape index (κ1) is 22.1. The molecule has 0 unspecified atom stereocenters. The van der Waals surface area contributed by atoms with Crippen LogP contribution in [0.1, 0.15) is 25.2 Å². The normalized spacial score (nSPS) is 16.3. The fourth-order valence-electron chi connectivity index (χ4n) is 3.87. The largest absolute Gasteiger partial charge is 0.455 e. The van der Waals surface area contributed by atoms with E-state index in [4.69, 9.17) is 4.42 Å². The molecule has 4 rings (SSSR count). The zero-order valence-electron chi connectivity index (χ0n) is 17.9. The van der Waals surface area contributed by atoms with Crippen molar-refractivity contribution in [1.82, 2.24) is 9.47 Å². The number of fused-ring (bicyclic) bond motifs is 1. The highest BCUT2D eigenvalue weighted by molar-refractivity contribution is 6.19. The first-order valence-electron chi connectivity index (χ1n) is 10.0. The van der Waals surface area contributed by atoms with Crippen molar-refractivity contribution in [2.75, 3.05) is 6.54 Å². The summed E-state index contributed by atoms with van der Waals surface area (Å²) in [7, 11) is 1.75. The Morgan fingerprint density at radius 2 is 1.79 bits per heavy atom. The lowest BCUT2D eigenvalue weighted by molar-refractivity contribution is -0.140. The number of aryl methyl sites for hydroxylation is 1. The second-order valence-corrected chi connectivity index (χ2v) is 7.59. The van der Waals surface area contributed by atoms with Crippen LogP contribution in [0, 0.1) is 11.3 Å². The van der Waals surface area contributed by atoms with E-state index < -0.39 is 23.6 Å². The molecule has 9 heteroatoms. The SMILES string of the molecule is CCN1C(=O)C(C#N)=C(C)/C(=C/c2cc3c(cc(-c4ccc(C(F)(F)F)cc4)n3C)o2)C1=O. The van der Waals surface area contributed by atoms with Crippen molar-refractivity contribution in [1.29, 1.82) is 5.26 Å². The molecule has 0 spiro atoms. The van der Waals surface area contributed by atoms with Gasteiger partial charge in [-0.05, 0) is 43.2 Å². The Morgan fingerprint density at radius 1 is 1.12 bits per heavy atom. The summed E-state index contributed by atoms with van der Waals surface area (Å²) < 4.78 is 46.1. The third-order valence-corrected chi connectivity index (χ3v) is 5.69. The summed E-state index contributed by atoms with van der Waals surface area (Å²) in [4.78, 5) is 26.1. The van der Waals surface area contributed by atoms with E-state index in [9.17, 15) is 28.0 Å². The van der Waals surface area contributed by atoms with Gasteiger partial charge in [0.15, 0.2) is 5.58 Å². The first-order valence-corrected chi connectivity index (χ1v) is 10.0. The molecule has 0 fully saturated rings. The summed E-state index contributed by atoms with van der Waals surface area (Å²) in [6.45, 7) is 3.32. The first-order chi connectivity index (χ1) is 15.6. The maximum absolute atomic E-state index is 12.8. The Morgan fingerprint density at radius 3 is 2.33 bits per heavy atom. The zero-order valence-corrected chi connectivity index (χ0v) is 17.9. The topological polar surface area (TPSA) is 79.2 Å². The van der Waals surface area contributed by atoms with E-state index in [-0.39, 0.29) is 23.3 Å². The van der Waals surface area contributed by atoms with Crippen LogP contribution < -0.4 is 0 Å². The minimum Gasteiger partial charge on any atom is -0.455 e. The molecule has 3 aromatic rings. The molecule has 3 heterocycles. The average molecular weight is 453 g/mol. The fraction of sp³-hybridized carbons (Fsp3) is 0.208. The molecule has 0 atom stereocenters. The molecule has 1 aliphatic rings. The zero-order chi connectivity index (χ0) is 24.1. The van der Waals surface area contributed by atoms with Crippen LogP contribution in [0.25, 0.3) is 28.4 Å². The highest BCUT2D eigenvalue weighted by Crippen LogP contribution is 2.34. The Balaban J connectivity index is 1.74. The number of alkyl halides is 3. The fourth-order valence-corrected chi connectivity index (χ4v) is 3.87. The Labute approximate surface area is 186 Å². The smallest absolute Gasteiger partial charge is 0.416 e. The lowest BCUT2D eigenvalue weighted by Crippen LogP contribution is -2.42. The summed E-state index contributed by atoms with van der Waals surface area (Å²) in [5.74, 6) is -0.782. The number of likely N-dealkylation sites (N-methyl/N-ethyl adjacent to an activating group) is 1. The number of rotatable bonds is 3. The van der Waals surface area contributed by atoms with E-state index in [2.05, 4.69) is 0 Å². The van der Waals surface area contributed by atoms with E-state index in [1.807, 2.05) is 6.07 Å². The number of nitrogens with zero attached hydrogens (tertiary/aromatic N) is 3. The molecule has 0 bridgehead atoms. The van der Waals surface area contributed by atoms with Gasteiger partial charge in [0.1, 0.15) is 17.4 Å². The van der Waals surface area contributed by atoms with Crippen molar-refractivity contribution in [2.24, 2.45) is 7.05 Å². The Bertz CT molecular complexity index is 1400. The summed E-state index contributed by atoms with van der Waals surface area (Å²) in [6, 6.07) is 10.1. The maximum atomic E-state index is 12.8. The number of halogens is 3. The molecule has 33 heavy (non-hydrogen) atoms. The number of carbonyl (C=O) groups excluding carboxylic acids is 2. The molecule has 168 valence electrons. The lowest BCUT2D eigenvalue weighted by Gasteiger charge is -2.25. The summed E-state index contributed by atoms with van der Waals surface area (Å²) >= 11 is 0. The number of furan rings is 1. The van der Waals surface area contributed by atoms with Gasteiger partial charge in [-0.2, -0.15) is 18.4 Å². The number of carbonyl (C=O) groups is 2. The monoisotopic (exact) mass is 453 g/mol. The number of hydrogen-bond donors (Lipinski definition) is 0. The molecular weight excluding hydrogens is 435 g/mol. The van der Waals surface area contributed by atoms with Gasteiger partial charge in [-0.3, -0.25) is 14.5 Å². The highest BCUT2D eigenvalue weighted by Gasteiger charge is 2.34. The van der Waals surface area contributed by atoms with Crippen LogP contribution in [0.3, 0.4) is 0 Å². The number of amides is 2. The van der Waals surface area contributed by atoms with Crippen molar-refractivity contribution in [2.45, 2.75) is 20.0 Å². The van der Waals surface area contributed by atoms with Crippen LogP contribution in [-0.4, -0.2) is 27.8 Å². The highest BCUT2D eigenvalue weighted by atomic mass is 19.4. The quantitative estimate of drug-likeness (QED) is 0.410. The van der Waals surface area contributed by atoms with E-state index in [0.717, 1.165) is 17.0 Å². The Kier molecular flexibility index (Phi) is 5.24. The summed E-state index contributed by atoms with van der Waals surface area (Å²) in [6.07, 6.45) is -2.92. The molecule has 0 N–H and O–H groups in total. The molecule has 1 aliphatic heterocycles. The van der Waals surface area contributed by atoms with Gasteiger partial charge in [0, 0.05) is 31.3 Å². The third-order valence-electron chi connectivity index (χ3n) is 5.69. The Hall–Kier alpha value is -4.06. The van der Waals surface area contributed by atoms with Gasteiger partial charge in [-0.15, -0.1) is 0 Å².